The molecule has 110 valence electrons. The van der Waals surface area contributed by atoms with Gasteiger partial charge in [-0.25, -0.2) is 0 Å². The molecule has 0 saturated heterocycles. The molecule has 1 heterocycles. The Bertz CT molecular complexity index is 659. The molecule has 1 aliphatic heterocycles. The molecule has 0 unspecified atom stereocenters. The molecule has 0 radical (unpaired) electrons. The van der Waals surface area contributed by atoms with Gasteiger partial charge in [0.25, 0.3) is 0 Å². The molecule has 1 fully saturated rings. The Labute approximate surface area is 128 Å². The monoisotopic (exact) mass is 353 g/mol. The molecule has 2 atom stereocenters. The molecule has 0 aromatic heterocycles. The first kappa shape index (κ1) is 14.2. The molecule has 1 aromatic rings. The Morgan fingerprint density at radius 1 is 1.43 bits per heavy atom. The van der Waals surface area contributed by atoms with Gasteiger partial charge in [0.15, 0.2) is 5.78 Å². The lowest BCUT2D eigenvalue weighted by Gasteiger charge is -2.36. The smallest absolute Gasteiger partial charge is 0.325 e. The maximum absolute atomic E-state index is 12.4. The fourth-order valence-corrected chi connectivity index (χ4v) is 3.74. The lowest BCUT2D eigenvalue weighted by Crippen LogP contribution is -2.48. The van der Waals surface area contributed by atoms with E-state index in [9.17, 15) is 19.7 Å². The van der Waals surface area contributed by atoms with Gasteiger partial charge in [0.05, 0.1) is 5.92 Å². The SMILES string of the molecule is O=C1CCC[C@]12C(=O)Oc1ccc(Br)cc1[C@@H]2C[N+](=O)[O-]. The lowest BCUT2D eigenvalue weighted by atomic mass is 9.68. The summed E-state index contributed by atoms with van der Waals surface area (Å²) in [6.07, 6.45) is 1.15. The van der Waals surface area contributed by atoms with E-state index in [4.69, 9.17) is 4.74 Å². The highest BCUT2D eigenvalue weighted by Gasteiger charge is 2.60. The van der Waals surface area contributed by atoms with Crippen molar-refractivity contribution in [3.05, 3.63) is 38.3 Å². The number of Topliss-reactive ketones (excluding diaryl/α,β-unsaturated/α-hetero) is 1. The highest BCUT2D eigenvalue weighted by Crippen LogP contribution is 2.53. The normalized spacial score (nSPS) is 27.6. The lowest BCUT2D eigenvalue weighted by molar-refractivity contribution is -0.485. The predicted octanol–water partition coefficient (Wildman–Crippen LogP) is 2.47. The number of nitro groups is 1. The van der Waals surface area contributed by atoms with Crippen LogP contribution >= 0.6 is 15.9 Å². The first-order chi connectivity index (χ1) is 9.95. The highest BCUT2D eigenvalue weighted by molar-refractivity contribution is 9.10. The summed E-state index contributed by atoms with van der Waals surface area (Å²) >= 11 is 3.32. The van der Waals surface area contributed by atoms with Gasteiger partial charge in [-0.1, -0.05) is 15.9 Å². The molecular formula is C14H12BrNO5. The van der Waals surface area contributed by atoms with Crippen LogP contribution in [0.2, 0.25) is 0 Å². The fourth-order valence-electron chi connectivity index (χ4n) is 3.36. The van der Waals surface area contributed by atoms with Crippen LogP contribution in [0.4, 0.5) is 0 Å². The van der Waals surface area contributed by atoms with E-state index in [2.05, 4.69) is 15.9 Å². The number of ether oxygens (including phenoxy) is 1. The van der Waals surface area contributed by atoms with E-state index < -0.39 is 28.8 Å². The number of esters is 1. The van der Waals surface area contributed by atoms with Crippen molar-refractivity contribution in [2.45, 2.75) is 25.2 Å². The van der Waals surface area contributed by atoms with Crippen molar-refractivity contribution in [3.63, 3.8) is 0 Å². The Hall–Kier alpha value is -1.76. The fraction of sp³-hybridized carbons (Fsp3) is 0.429. The first-order valence-electron chi connectivity index (χ1n) is 6.62. The third kappa shape index (κ3) is 2.07. The third-order valence-electron chi connectivity index (χ3n) is 4.31. The summed E-state index contributed by atoms with van der Waals surface area (Å²) in [6, 6.07) is 4.99. The average molecular weight is 354 g/mol. The topological polar surface area (TPSA) is 86.5 Å². The zero-order valence-corrected chi connectivity index (χ0v) is 12.6. The molecular weight excluding hydrogens is 342 g/mol. The quantitative estimate of drug-likeness (QED) is 0.268. The van der Waals surface area contributed by atoms with Gasteiger partial charge in [-0.15, -0.1) is 0 Å². The number of ketones is 1. The molecule has 2 aliphatic rings. The summed E-state index contributed by atoms with van der Waals surface area (Å²) in [7, 11) is 0. The van der Waals surface area contributed by atoms with Gasteiger partial charge in [-0.05, 0) is 31.0 Å². The van der Waals surface area contributed by atoms with E-state index >= 15 is 0 Å². The van der Waals surface area contributed by atoms with Crippen molar-refractivity contribution in [1.29, 1.82) is 0 Å². The first-order valence-corrected chi connectivity index (χ1v) is 7.41. The van der Waals surface area contributed by atoms with Crippen molar-refractivity contribution in [2.75, 3.05) is 6.54 Å². The van der Waals surface area contributed by atoms with Crippen LogP contribution in [-0.4, -0.2) is 23.2 Å². The van der Waals surface area contributed by atoms with E-state index in [1.807, 2.05) is 0 Å². The molecule has 1 saturated carbocycles. The highest BCUT2D eigenvalue weighted by atomic mass is 79.9. The van der Waals surface area contributed by atoms with Crippen LogP contribution in [0.1, 0.15) is 30.7 Å². The summed E-state index contributed by atoms with van der Waals surface area (Å²) in [5, 5.41) is 11.0. The van der Waals surface area contributed by atoms with Crippen molar-refractivity contribution in [3.8, 4) is 5.75 Å². The van der Waals surface area contributed by atoms with Crippen LogP contribution in [0, 0.1) is 15.5 Å². The van der Waals surface area contributed by atoms with Gasteiger partial charge < -0.3 is 4.74 Å². The van der Waals surface area contributed by atoms with Gasteiger partial charge in [0.1, 0.15) is 11.2 Å². The molecule has 6 nitrogen and oxygen atoms in total. The second-order valence-corrected chi connectivity index (χ2v) is 6.30. The number of nitrogens with zero attached hydrogens (tertiary/aromatic N) is 1. The van der Waals surface area contributed by atoms with Crippen LogP contribution in [0.5, 0.6) is 5.75 Å². The van der Waals surface area contributed by atoms with Crippen LogP contribution in [0.15, 0.2) is 22.7 Å². The van der Waals surface area contributed by atoms with Gasteiger partial charge in [-0.2, -0.15) is 0 Å². The van der Waals surface area contributed by atoms with E-state index in [0.717, 1.165) is 4.47 Å². The summed E-state index contributed by atoms with van der Waals surface area (Å²) in [4.78, 5) is 35.3. The van der Waals surface area contributed by atoms with E-state index in [1.165, 1.54) is 0 Å². The number of fused-ring (bicyclic) bond motifs is 1. The maximum Gasteiger partial charge on any atom is 0.325 e. The van der Waals surface area contributed by atoms with Crippen molar-refractivity contribution < 1.29 is 19.2 Å². The number of benzene rings is 1. The Morgan fingerprint density at radius 3 is 2.81 bits per heavy atom. The zero-order chi connectivity index (χ0) is 15.2. The van der Waals surface area contributed by atoms with E-state index in [-0.39, 0.29) is 12.2 Å². The molecule has 1 aromatic carbocycles. The van der Waals surface area contributed by atoms with E-state index in [0.29, 0.717) is 24.2 Å². The van der Waals surface area contributed by atoms with Gasteiger partial charge in [-0.3, -0.25) is 19.7 Å². The van der Waals surface area contributed by atoms with E-state index in [1.54, 1.807) is 18.2 Å². The van der Waals surface area contributed by atoms with Crippen LogP contribution < -0.4 is 4.74 Å². The summed E-state index contributed by atoms with van der Waals surface area (Å²) < 4.78 is 6.03. The standard InChI is InChI=1S/C14H12BrNO5/c15-8-3-4-11-9(6-8)10(7-16(19)20)14(13(18)21-11)5-1-2-12(14)17/h3-4,6,10H,1-2,5,7H2/t10-,14+/m0/s1. The summed E-state index contributed by atoms with van der Waals surface area (Å²) in [6.45, 7) is -0.454. The minimum absolute atomic E-state index is 0.245. The minimum atomic E-state index is -1.39. The van der Waals surface area contributed by atoms with Gasteiger partial charge in [0, 0.05) is 21.4 Å². The molecule has 7 heteroatoms. The maximum atomic E-state index is 12.4. The van der Waals surface area contributed by atoms with Crippen LogP contribution in [0.3, 0.4) is 0 Å². The molecule has 21 heavy (non-hydrogen) atoms. The molecule has 0 amide bonds. The number of carbonyl (C=O) groups is 2. The van der Waals surface area contributed by atoms with Gasteiger partial charge in [0.2, 0.25) is 6.54 Å². The number of hydrogen-bond donors (Lipinski definition) is 0. The average Bonchev–Trinajstić information content (AvgIpc) is 2.79. The third-order valence-corrected chi connectivity index (χ3v) is 4.81. The van der Waals surface area contributed by atoms with Crippen LogP contribution in [0.25, 0.3) is 0 Å². The summed E-state index contributed by atoms with van der Waals surface area (Å²) in [5.74, 6) is -1.35. The Kier molecular flexibility index (Phi) is 3.32. The van der Waals surface area contributed by atoms with Crippen molar-refractivity contribution in [1.82, 2.24) is 0 Å². The molecule has 1 spiro atoms. The largest absolute Gasteiger partial charge is 0.425 e. The second-order valence-electron chi connectivity index (χ2n) is 5.39. The molecule has 3 rings (SSSR count). The Morgan fingerprint density at radius 2 is 2.19 bits per heavy atom. The van der Waals surface area contributed by atoms with Gasteiger partial charge >= 0.3 is 5.97 Å². The predicted molar refractivity (Wildman–Crippen MR) is 75.7 cm³/mol. The van der Waals surface area contributed by atoms with Crippen molar-refractivity contribution in [2.24, 2.45) is 5.41 Å². The minimum Gasteiger partial charge on any atom is -0.425 e. The van der Waals surface area contributed by atoms with Crippen molar-refractivity contribution >= 4 is 27.7 Å². The molecule has 1 aliphatic carbocycles. The molecule has 0 N–H and O–H groups in total. The summed E-state index contributed by atoms with van der Waals surface area (Å²) in [5.41, 5.74) is -0.836. The zero-order valence-electron chi connectivity index (χ0n) is 11.0. The number of halogens is 1. The Balaban J connectivity index is 2.19. The number of carbonyl (C=O) groups excluding carboxylic acids is 2. The number of rotatable bonds is 2. The van der Waals surface area contributed by atoms with Crippen LogP contribution in [-0.2, 0) is 9.59 Å². The number of hydrogen-bond acceptors (Lipinski definition) is 5. The second kappa shape index (κ2) is 4.91. The molecule has 0 bridgehead atoms.